The largest absolute Gasteiger partial charge is 0.428 e. The fourth-order valence-corrected chi connectivity index (χ4v) is 3.57. The van der Waals surface area contributed by atoms with Crippen molar-refractivity contribution < 1.29 is 22.8 Å². The summed E-state index contributed by atoms with van der Waals surface area (Å²) in [7, 11) is 0. The minimum absolute atomic E-state index is 0.0182. The van der Waals surface area contributed by atoms with Gasteiger partial charge in [0, 0.05) is 21.2 Å². The maximum absolute atomic E-state index is 14.0. The number of hydroxylamine groups is 1. The van der Waals surface area contributed by atoms with Crippen molar-refractivity contribution in [2.75, 3.05) is 0 Å². The summed E-state index contributed by atoms with van der Waals surface area (Å²) in [4.78, 5) is 16.4. The SMILES string of the molecule is C=C(C1=CC(c2cc(Cl)cc(Cl)c2)(C(F)(F)F)ON1)c1ccc(C(N)=O)c(C)c1. The highest BCUT2D eigenvalue weighted by Gasteiger charge is 2.59. The number of hydrogen-bond acceptors (Lipinski definition) is 3. The molecule has 0 saturated carbocycles. The molecule has 1 unspecified atom stereocenters. The summed E-state index contributed by atoms with van der Waals surface area (Å²) in [6, 6.07) is 8.23. The van der Waals surface area contributed by atoms with E-state index in [4.69, 9.17) is 33.8 Å². The first-order valence-corrected chi connectivity index (χ1v) is 9.00. The van der Waals surface area contributed by atoms with Crippen molar-refractivity contribution >= 4 is 34.7 Å². The number of rotatable bonds is 4. The maximum atomic E-state index is 14.0. The highest BCUT2D eigenvalue weighted by molar-refractivity contribution is 6.34. The Hall–Kier alpha value is -2.48. The first-order chi connectivity index (χ1) is 13.4. The zero-order valence-electron chi connectivity index (χ0n) is 15.0. The molecule has 152 valence electrons. The van der Waals surface area contributed by atoms with Gasteiger partial charge < -0.3 is 5.73 Å². The van der Waals surface area contributed by atoms with Crippen LogP contribution in [0.2, 0.25) is 10.0 Å². The molecular weight excluding hydrogens is 428 g/mol. The Morgan fingerprint density at radius 3 is 2.31 bits per heavy atom. The second-order valence-electron chi connectivity index (χ2n) is 6.53. The standard InChI is InChI=1S/C20H15Cl2F3N2O2/c1-10-5-12(3-4-16(10)18(26)28)11(2)17-9-19(29-27-17,20(23,24)25)13-6-14(21)8-15(22)7-13/h3-9,27H,2H2,1H3,(H2,26,28). The average Bonchev–Trinajstić information content (AvgIpc) is 3.06. The van der Waals surface area contributed by atoms with E-state index in [0.717, 1.165) is 18.2 Å². The van der Waals surface area contributed by atoms with Crippen LogP contribution in [0.25, 0.3) is 5.57 Å². The zero-order chi connectivity index (χ0) is 21.6. The second-order valence-corrected chi connectivity index (χ2v) is 7.40. The van der Waals surface area contributed by atoms with Gasteiger partial charge in [-0.2, -0.15) is 13.2 Å². The van der Waals surface area contributed by atoms with Crippen molar-refractivity contribution in [2.45, 2.75) is 18.7 Å². The van der Waals surface area contributed by atoms with Crippen molar-refractivity contribution in [1.82, 2.24) is 5.48 Å². The number of aryl methyl sites for hydroxylation is 1. The Balaban J connectivity index is 2.06. The third-order valence-electron chi connectivity index (χ3n) is 4.55. The number of carbonyl (C=O) groups is 1. The van der Waals surface area contributed by atoms with Crippen LogP contribution in [-0.2, 0) is 10.4 Å². The summed E-state index contributed by atoms with van der Waals surface area (Å²) in [5, 5.41) is 0.0798. The van der Waals surface area contributed by atoms with Crippen LogP contribution in [0, 0.1) is 6.92 Å². The molecule has 0 aromatic heterocycles. The lowest BCUT2D eigenvalue weighted by Crippen LogP contribution is -2.42. The van der Waals surface area contributed by atoms with Gasteiger partial charge in [0.2, 0.25) is 11.5 Å². The number of halogens is 5. The highest BCUT2D eigenvalue weighted by atomic mass is 35.5. The molecule has 1 heterocycles. The van der Waals surface area contributed by atoms with Gasteiger partial charge in [0.15, 0.2) is 0 Å². The first kappa shape index (κ1) is 21.2. The van der Waals surface area contributed by atoms with Crippen molar-refractivity contribution in [1.29, 1.82) is 0 Å². The topological polar surface area (TPSA) is 64.3 Å². The number of nitrogens with one attached hydrogen (secondary N) is 1. The molecule has 29 heavy (non-hydrogen) atoms. The number of alkyl halides is 3. The lowest BCUT2D eigenvalue weighted by Gasteiger charge is -2.28. The van der Waals surface area contributed by atoms with Crippen LogP contribution in [0.5, 0.6) is 0 Å². The molecule has 0 fully saturated rings. The molecule has 2 aromatic carbocycles. The monoisotopic (exact) mass is 442 g/mol. The molecule has 0 saturated heterocycles. The van der Waals surface area contributed by atoms with Gasteiger partial charge in [0.1, 0.15) is 0 Å². The Labute approximate surface area is 174 Å². The van der Waals surface area contributed by atoms with E-state index >= 15 is 0 Å². The van der Waals surface area contributed by atoms with E-state index in [1.54, 1.807) is 19.1 Å². The van der Waals surface area contributed by atoms with Gasteiger partial charge in [-0.15, -0.1) is 0 Å². The van der Waals surface area contributed by atoms with Crippen LogP contribution >= 0.6 is 23.2 Å². The first-order valence-electron chi connectivity index (χ1n) is 8.25. The highest BCUT2D eigenvalue weighted by Crippen LogP contribution is 2.48. The number of primary amides is 1. The number of hydrogen-bond donors (Lipinski definition) is 2. The second kappa shape index (κ2) is 7.40. The van der Waals surface area contributed by atoms with Gasteiger partial charge in [0.05, 0.1) is 5.70 Å². The smallest absolute Gasteiger partial charge is 0.366 e. The van der Waals surface area contributed by atoms with Crippen LogP contribution in [0.1, 0.15) is 27.0 Å². The van der Waals surface area contributed by atoms with Crippen molar-refractivity contribution in [3.63, 3.8) is 0 Å². The van der Waals surface area contributed by atoms with Crippen LogP contribution in [0.15, 0.2) is 54.8 Å². The average molecular weight is 443 g/mol. The van der Waals surface area contributed by atoms with Crippen LogP contribution in [0.3, 0.4) is 0 Å². The summed E-state index contributed by atoms with van der Waals surface area (Å²) in [6.07, 6.45) is -3.93. The van der Waals surface area contributed by atoms with Crippen molar-refractivity contribution in [2.24, 2.45) is 5.73 Å². The molecule has 1 amide bonds. The summed E-state index contributed by atoms with van der Waals surface area (Å²) in [5.41, 5.74) is 6.14. The lowest BCUT2D eigenvalue weighted by molar-refractivity contribution is -0.270. The number of nitrogens with two attached hydrogens (primary N) is 1. The normalized spacial score (nSPS) is 18.9. The molecular formula is C20H15Cl2F3N2O2. The van der Waals surface area contributed by atoms with Crippen LogP contribution < -0.4 is 11.2 Å². The molecule has 9 heteroatoms. The van der Waals surface area contributed by atoms with E-state index in [0.29, 0.717) is 16.7 Å². The Kier molecular flexibility index (Phi) is 5.42. The fourth-order valence-electron chi connectivity index (χ4n) is 3.04. The Morgan fingerprint density at radius 2 is 1.79 bits per heavy atom. The van der Waals surface area contributed by atoms with Gasteiger partial charge >= 0.3 is 6.18 Å². The predicted molar refractivity (Wildman–Crippen MR) is 105 cm³/mol. The molecule has 0 bridgehead atoms. The van der Waals surface area contributed by atoms with Crippen molar-refractivity contribution in [3.05, 3.63) is 87.0 Å². The van der Waals surface area contributed by atoms with E-state index in [9.17, 15) is 18.0 Å². The molecule has 0 aliphatic carbocycles. The minimum Gasteiger partial charge on any atom is -0.366 e. The summed E-state index contributed by atoms with van der Waals surface area (Å²) in [6.45, 7) is 5.52. The Morgan fingerprint density at radius 1 is 1.17 bits per heavy atom. The van der Waals surface area contributed by atoms with Crippen molar-refractivity contribution in [3.8, 4) is 0 Å². The summed E-state index contributed by atoms with van der Waals surface area (Å²) >= 11 is 11.8. The number of carbonyl (C=O) groups excluding carboxylic acids is 1. The van der Waals surface area contributed by atoms with Gasteiger partial charge in [-0.25, -0.2) is 0 Å². The molecule has 2 aromatic rings. The number of allylic oxidation sites excluding steroid dienone is 1. The molecule has 0 spiro atoms. The third kappa shape index (κ3) is 3.85. The van der Waals surface area contributed by atoms with E-state index in [1.165, 1.54) is 12.1 Å². The predicted octanol–water partition coefficient (Wildman–Crippen LogP) is 5.29. The van der Waals surface area contributed by atoms with Gasteiger partial charge in [-0.05, 0) is 54.0 Å². The fraction of sp³-hybridized carbons (Fsp3) is 0.150. The molecule has 3 rings (SSSR count). The molecule has 3 N–H and O–H groups in total. The number of amides is 1. The third-order valence-corrected chi connectivity index (χ3v) is 4.98. The summed E-state index contributed by atoms with van der Waals surface area (Å²) in [5.74, 6) is -0.602. The molecule has 1 aliphatic heterocycles. The zero-order valence-corrected chi connectivity index (χ0v) is 16.5. The molecule has 1 aliphatic rings. The maximum Gasteiger partial charge on any atom is 0.428 e. The number of benzene rings is 2. The van der Waals surface area contributed by atoms with E-state index in [2.05, 4.69) is 12.1 Å². The molecule has 4 nitrogen and oxygen atoms in total. The minimum atomic E-state index is -4.82. The van der Waals surface area contributed by atoms with E-state index in [-0.39, 0.29) is 26.9 Å². The lowest BCUT2D eigenvalue weighted by atomic mass is 9.90. The van der Waals surface area contributed by atoms with E-state index < -0.39 is 17.7 Å². The van der Waals surface area contributed by atoms with E-state index in [1.807, 2.05) is 0 Å². The van der Waals surface area contributed by atoms with Gasteiger partial charge in [0.25, 0.3) is 0 Å². The molecule has 0 radical (unpaired) electrons. The summed E-state index contributed by atoms with van der Waals surface area (Å²) < 4.78 is 42.1. The van der Waals surface area contributed by atoms with Crippen LogP contribution in [0.4, 0.5) is 13.2 Å². The molecule has 1 atom stereocenters. The Bertz CT molecular complexity index is 1030. The quantitative estimate of drug-likeness (QED) is 0.675. The van der Waals surface area contributed by atoms with Crippen LogP contribution in [-0.4, -0.2) is 12.1 Å². The van der Waals surface area contributed by atoms with Gasteiger partial charge in [-0.1, -0.05) is 41.9 Å². The van der Waals surface area contributed by atoms with Gasteiger partial charge in [-0.3, -0.25) is 15.1 Å².